The molecule has 3 unspecified atom stereocenters. The fourth-order valence-electron chi connectivity index (χ4n) is 2.96. The second-order valence-electron chi connectivity index (χ2n) is 7.67. The lowest BCUT2D eigenvalue weighted by atomic mass is 10.0. The van der Waals surface area contributed by atoms with Crippen molar-refractivity contribution in [2.24, 2.45) is 17.4 Å². The van der Waals surface area contributed by atoms with E-state index in [2.05, 4.69) is 10.6 Å². The molecule has 7 N–H and O–H groups in total. The predicted molar refractivity (Wildman–Crippen MR) is 112 cm³/mol. The number of amides is 2. The summed E-state index contributed by atoms with van der Waals surface area (Å²) in [7, 11) is 0. The Morgan fingerprint density at radius 1 is 1.00 bits per heavy atom. The van der Waals surface area contributed by atoms with Crippen LogP contribution >= 0.6 is 0 Å². The number of carboxylic acid groups (broad SMARTS) is 1. The molecule has 2 amide bonds. The van der Waals surface area contributed by atoms with Gasteiger partial charge in [-0.2, -0.15) is 0 Å². The van der Waals surface area contributed by atoms with E-state index in [0.29, 0.717) is 32.2 Å². The van der Waals surface area contributed by atoms with Crippen LogP contribution in [0.5, 0.6) is 0 Å². The van der Waals surface area contributed by atoms with E-state index in [1.54, 1.807) is 0 Å². The number of nitrogens with two attached hydrogens (primary N) is 2. The molecule has 8 heteroatoms. The fourth-order valence-corrected chi connectivity index (χ4v) is 2.96. The summed E-state index contributed by atoms with van der Waals surface area (Å²) in [4.78, 5) is 36.7. The van der Waals surface area contributed by atoms with Crippen LogP contribution in [-0.4, -0.2) is 47.6 Å². The lowest BCUT2D eigenvalue weighted by Gasteiger charge is -2.24. The van der Waals surface area contributed by atoms with E-state index in [4.69, 9.17) is 11.5 Å². The van der Waals surface area contributed by atoms with E-state index in [1.807, 2.05) is 44.2 Å². The first-order valence-corrected chi connectivity index (χ1v) is 10.1. The van der Waals surface area contributed by atoms with Crippen LogP contribution in [0.1, 0.15) is 45.1 Å². The maximum absolute atomic E-state index is 12.7. The number of hydrogen-bond acceptors (Lipinski definition) is 5. The van der Waals surface area contributed by atoms with Crippen LogP contribution < -0.4 is 22.1 Å². The van der Waals surface area contributed by atoms with Crippen LogP contribution in [0.25, 0.3) is 0 Å². The van der Waals surface area contributed by atoms with Crippen LogP contribution in [0.4, 0.5) is 0 Å². The van der Waals surface area contributed by atoms with Crippen molar-refractivity contribution in [1.29, 1.82) is 0 Å². The first kappa shape index (κ1) is 24.6. The molecule has 1 aromatic carbocycles. The second kappa shape index (κ2) is 12.9. The molecule has 0 fully saturated rings. The Morgan fingerprint density at radius 2 is 1.62 bits per heavy atom. The summed E-state index contributed by atoms with van der Waals surface area (Å²) in [5.41, 5.74) is 12.4. The summed E-state index contributed by atoms with van der Waals surface area (Å²) in [6.45, 7) is 4.31. The number of aliphatic carboxylic acids is 1. The van der Waals surface area contributed by atoms with E-state index in [9.17, 15) is 19.5 Å². The van der Waals surface area contributed by atoms with Gasteiger partial charge < -0.3 is 27.2 Å². The molecule has 0 radical (unpaired) electrons. The maximum Gasteiger partial charge on any atom is 0.326 e. The van der Waals surface area contributed by atoms with Gasteiger partial charge in [-0.05, 0) is 50.1 Å². The largest absolute Gasteiger partial charge is 0.480 e. The third kappa shape index (κ3) is 9.54. The quantitative estimate of drug-likeness (QED) is 0.306. The monoisotopic (exact) mass is 406 g/mol. The highest BCUT2D eigenvalue weighted by Gasteiger charge is 2.28. The smallest absolute Gasteiger partial charge is 0.326 e. The molecule has 0 aliphatic heterocycles. The lowest BCUT2D eigenvalue weighted by molar-refractivity contribution is -0.142. The van der Waals surface area contributed by atoms with Gasteiger partial charge in [0.05, 0.1) is 6.04 Å². The lowest BCUT2D eigenvalue weighted by Crippen LogP contribution is -2.55. The van der Waals surface area contributed by atoms with Crippen LogP contribution in [-0.2, 0) is 20.8 Å². The maximum atomic E-state index is 12.7. The van der Waals surface area contributed by atoms with Gasteiger partial charge in [-0.1, -0.05) is 44.2 Å². The van der Waals surface area contributed by atoms with E-state index < -0.39 is 35.9 Å². The van der Waals surface area contributed by atoms with Crippen molar-refractivity contribution in [2.75, 3.05) is 6.54 Å². The van der Waals surface area contributed by atoms with Crippen LogP contribution in [0, 0.1) is 5.92 Å². The molecule has 3 atom stereocenters. The average Bonchev–Trinajstić information content (AvgIpc) is 2.66. The number of carbonyl (C=O) groups excluding carboxylic acids is 2. The van der Waals surface area contributed by atoms with Gasteiger partial charge in [0.2, 0.25) is 11.8 Å². The number of rotatable bonds is 13. The van der Waals surface area contributed by atoms with Crippen LogP contribution in [0.2, 0.25) is 0 Å². The number of nitrogens with one attached hydrogen (secondary N) is 2. The molecule has 0 saturated carbocycles. The highest BCUT2D eigenvalue weighted by Crippen LogP contribution is 2.09. The molecule has 0 spiro atoms. The van der Waals surface area contributed by atoms with Crippen molar-refractivity contribution in [2.45, 2.75) is 64.1 Å². The Balaban J connectivity index is 2.74. The summed E-state index contributed by atoms with van der Waals surface area (Å²) in [5.74, 6) is -1.94. The number of benzene rings is 1. The van der Waals surface area contributed by atoms with Gasteiger partial charge in [0, 0.05) is 0 Å². The average molecular weight is 407 g/mol. The third-order valence-corrected chi connectivity index (χ3v) is 4.54. The van der Waals surface area contributed by atoms with Crippen molar-refractivity contribution in [1.82, 2.24) is 10.6 Å². The minimum absolute atomic E-state index is 0.122. The molecule has 0 bridgehead atoms. The van der Waals surface area contributed by atoms with Crippen molar-refractivity contribution in [3.63, 3.8) is 0 Å². The Morgan fingerprint density at radius 3 is 2.17 bits per heavy atom. The molecule has 0 heterocycles. The Labute approximate surface area is 172 Å². The van der Waals surface area contributed by atoms with Crippen LogP contribution in [0.3, 0.4) is 0 Å². The van der Waals surface area contributed by atoms with Gasteiger partial charge in [-0.15, -0.1) is 0 Å². The van der Waals surface area contributed by atoms with E-state index in [0.717, 1.165) is 5.56 Å². The van der Waals surface area contributed by atoms with Crippen molar-refractivity contribution in [3.05, 3.63) is 35.9 Å². The molecule has 0 aliphatic rings. The molecular formula is C21H34N4O4. The summed E-state index contributed by atoms with van der Waals surface area (Å²) >= 11 is 0. The molecule has 8 nitrogen and oxygen atoms in total. The van der Waals surface area contributed by atoms with E-state index in [1.165, 1.54) is 0 Å². The number of carboxylic acids is 1. The standard InChI is InChI=1S/C21H34N4O4/c1-14(2)12-18(20(27)24-17(21(28)29)10-6-7-11-22)25-19(26)16(23)13-15-8-4-3-5-9-15/h3-5,8-9,14,16-18H,6-7,10-13,22-23H2,1-2H3,(H,24,27)(H,25,26)(H,28,29). The topological polar surface area (TPSA) is 148 Å². The molecule has 0 saturated heterocycles. The van der Waals surface area contributed by atoms with Crippen molar-refractivity contribution in [3.8, 4) is 0 Å². The Bertz CT molecular complexity index is 651. The zero-order valence-corrected chi connectivity index (χ0v) is 17.3. The SMILES string of the molecule is CC(C)CC(NC(=O)C(N)Cc1ccccc1)C(=O)NC(CCCCN)C(=O)O. The zero-order valence-electron chi connectivity index (χ0n) is 17.3. The molecule has 1 rings (SSSR count). The Kier molecular flexibility index (Phi) is 10.9. The van der Waals surface area contributed by atoms with Gasteiger partial charge in [0.25, 0.3) is 0 Å². The minimum atomic E-state index is -1.11. The van der Waals surface area contributed by atoms with Gasteiger partial charge in [-0.3, -0.25) is 9.59 Å². The van der Waals surface area contributed by atoms with Gasteiger partial charge in [0.1, 0.15) is 12.1 Å². The molecule has 162 valence electrons. The molecule has 0 aromatic heterocycles. The minimum Gasteiger partial charge on any atom is -0.480 e. The van der Waals surface area contributed by atoms with Crippen molar-refractivity contribution >= 4 is 17.8 Å². The normalized spacial score (nSPS) is 14.1. The predicted octanol–water partition coefficient (Wildman–Crippen LogP) is 0.786. The summed E-state index contributed by atoms with van der Waals surface area (Å²) in [6, 6.07) is 6.70. The first-order chi connectivity index (χ1) is 13.7. The third-order valence-electron chi connectivity index (χ3n) is 4.54. The van der Waals surface area contributed by atoms with Crippen LogP contribution in [0.15, 0.2) is 30.3 Å². The first-order valence-electron chi connectivity index (χ1n) is 10.1. The molecule has 1 aromatic rings. The van der Waals surface area contributed by atoms with Gasteiger partial charge >= 0.3 is 5.97 Å². The summed E-state index contributed by atoms with van der Waals surface area (Å²) < 4.78 is 0. The van der Waals surface area contributed by atoms with Crippen molar-refractivity contribution < 1.29 is 19.5 Å². The fraction of sp³-hybridized carbons (Fsp3) is 0.571. The number of carbonyl (C=O) groups is 3. The number of unbranched alkanes of at least 4 members (excludes halogenated alkanes) is 1. The summed E-state index contributed by atoms with van der Waals surface area (Å²) in [5, 5.41) is 14.6. The zero-order chi connectivity index (χ0) is 21.8. The number of hydrogen-bond donors (Lipinski definition) is 5. The molecule has 0 aliphatic carbocycles. The second-order valence-corrected chi connectivity index (χ2v) is 7.67. The highest BCUT2D eigenvalue weighted by atomic mass is 16.4. The Hall–Kier alpha value is -2.45. The van der Waals surface area contributed by atoms with E-state index in [-0.39, 0.29) is 12.3 Å². The highest BCUT2D eigenvalue weighted by molar-refractivity contribution is 5.91. The summed E-state index contributed by atoms with van der Waals surface area (Å²) in [6.07, 6.45) is 2.29. The van der Waals surface area contributed by atoms with Gasteiger partial charge in [0.15, 0.2) is 0 Å². The van der Waals surface area contributed by atoms with Gasteiger partial charge in [-0.25, -0.2) is 4.79 Å². The van der Waals surface area contributed by atoms with E-state index >= 15 is 0 Å². The molecular weight excluding hydrogens is 372 g/mol. The molecule has 29 heavy (non-hydrogen) atoms.